The van der Waals surface area contributed by atoms with Crippen LogP contribution in [0.1, 0.15) is 26.3 Å². The van der Waals surface area contributed by atoms with Gasteiger partial charge in [-0.1, -0.05) is 16.7 Å². The van der Waals surface area contributed by atoms with Crippen LogP contribution in [0.3, 0.4) is 0 Å². The van der Waals surface area contributed by atoms with Gasteiger partial charge in [-0.15, -0.1) is 5.10 Å². The van der Waals surface area contributed by atoms with E-state index in [0.29, 0.717) is 29.0 Å². The Kier molecular flexibility index (Phi) is 6.02. The Labute approximate surface area is 150 Å². The Morgan fingerprint density at radius 1 is 1.32 bits per heavy atom. The predicted octanol–water partition coefficient (Wildman–Crippen LogP) is 1.77. The smallest absolute Gasteiger partial charge is 0.263 e. The molecule has 0 saturated heterocycles. The number of nitrogens with zero attached hydrogens (tertiary/aromatic N) is 3. The number of nitrogens with one attached hydrogen (secondary N) is 3. The van der Waals surface area contributed by atoms with Crippen molar-refractivity contribution in [2.75, 3.05) is 19.0 Å². The monoisotopic (exact) mass is 368 g/mol. The van der Waals surface area contributed by atoms with E-state index in [1.165, 1.54) is 7.11 Å². The van der Waals surface area contributed by atoms with Crippen molar-refractivity contribution in [3.63, 3.8) is 0 Å². The van der Waals surface area contributed by atoms with E-state index in [-0.39, 0.29) is 18.1 Å². The highest BCUT2D eigenvalue weighted by Crippen LogP contribution is 2.33. The number of rotatable bonds is 7. The number of hydrogen-bond donors (Lipinski definition) is 3. The van der Waals surface area contributed by atoms with Gasteiger partial charge in [0.25, 0.3) is 11.9 Å². The summed E-state index contributed by atoms with van der Waals surface area (Å²) in [5, 5.41) is 19.6. The molecule has 0 saturated carbocycles. The fourth-order valence-electron chi connectivity index (χ4n) is 1.99. The SMILES string of the molecule is COc1cc(CNc2nn[nH]n2)c(Cl)cc1OCC(=O)NC(C)(C)C. The molecule has 1 heterocycles. The number of aromatic nitrogens is 4. The van der Waals surface area contributed by atoms with Gasteiger partial charge in [-0.2, -0.15) is 5.21 Å². The van der Waals surface area contributed by atoms with E-state index in [2.05, 4.69) is 31.3 Å². The average Bonchev–Trinajstić information content (AvgIpc) is 3.03. The molecule has 0 aliphatic rings. The first-order valence-corrected chi connectivity index (χ1v) is 7.94. The molecule has 10 heteroatoms. The first kappa shape index (κ1) is 18.8. The number of hydrogen-bond acceptors (Lipinski definition) is 7. The summed E-state index contributed by atoms with van der Waals surface area (Å²) in [6, 6.07) is 3.34. The zero-order valence-corrected chi connectivity index (χ0v) is 15.3. The molecule has 0 radical (unpaired) electrons. The van der Waals surface area contributed by atoms with Gasteiger partial charge in [0.05, 0.1) is 7.11 Å². The molecule has 1 aromatic heterocycles. The van der Waals surface area contributed by atoms with E-state index in [9.17, 15) is 4.79 Å². The summed E-state index contributed by atoms with van der Waals surface area (Å²) < 4.78 is 10.9. The quantitative estimate of drug-likeness (QED) is 0.682. The molecular weight excluding hydrogens is 348 g/mol. The summed E-state index contributed by atoms with van der Waals surface area (Å²) in [4.78, 5) is 11.9. The normalized spacial score (nSPS) is 11.1. The fraction of sp³-hybridized carbons (Fsp3) is 0.467. The maximum Gasteiger partial charge on any atom is 0.263 e. The molecule has 0 aliphatic heterocycles. The number of ether oxygens (including phenoxy) is 2. The van der Waals surface area contributed by atoms with Crippen molar-refractivity contribution < 1.29 is 14.3 Å². The van der Waals surface area contributed by atoms with Crippen molar-refractivity contribution in [2.24, 2.45) is 0 Å². The van der Waals surface area contributed by atoms with E-state index >= 15 is 0 Å². The van der Waals surface area contributed by atoms with E-state index in [1.807, 2.05) is 20.8 Å². The number of methoxy groups -OCH3 is 1. The van der Waals surface area contributed by atoms with Crippen LogP contribution in [0, 0.1) is 0 Å². The van der Waals surface area contributed by atoms with Crippen molar-refractivity contribution in [3.8, 4) is 11.5 Å². The number of anilines is 1. The molecule has 2 aromatic rings. The maximum atomic E-state index is 11.9. The minimum Gasteiger partial charge on any atom is -0.493 e. The largest absolute Gasteiger partial charge is 0.493 e. The third-order valence-corrected chi connectivity index (χ3v) is 3.34. The molecule has 0 spiro atoms. The van der Waals surface area contributed by atoms with Crippen LogP contribution in [0.2, 0.25) is 5.02 Å². The lowest BCUT2D eigenvalue weighted by Crippen LogP contribution is -2.43. The topological polar surface area (TPSA) is 114 Å². The summed E-state index contributed by atoms with van der Waals surface area (Å²) >= 11 is 6.28. The van der Waals surface area contributed by atoms with Gasteiger partial charge in [-0.05, 0) is 37.6 Å². The number of carbonyl (C=O) groups excluding carboxylic acids is 1. The summed E-state index contributed by atoms with van der Waals surface area (Å²) in [6.45, 7) is 5.93. The third-order valence-electron chi connectivity index (χ3n) is 2.99. The Hall–Kier alpha value is -2.55. The summed E-state index contributed by atoms with van der Waals surface area (Å²) in [7, 11) is 1.52. The molecule has 0 unspecified atom stereocenters. The molecule has 136 valence electrons. The van der Waals surface area contributed by atoms with Crippen LogP contribution in [-0.2, 0) is 11.3 Å². The lowest BCUT2D eigenvalue weighted by Gasteiger charge is -2.21. The molecule has 0 atom stereocenters. The number of halogens is 1. The predicted molar refractivity (Wildman–Crippen MR) is 92.9 cm³/mol. The molecular formula is C15H21ClN6O3. The minimum absolute atomic E-state index is 0.135. The Bertz CT molecular complexity index is 715. The average molecular weight is 369 g/mol. The first-order chi connectivity index (χ1) is 11.8. The van der Waals surface area contributed by atoms with Crippen LogP contribution < -0.4 is 20.1 Å². The zero-order valence-electron chi connectivity index (χ0n) is 14.5. The van der Waals surface area contributed by atoms with Crippen LogP contribution >= 0.6 is 11.6 Å². The van der Waals surface area contributed by atoms with Gasteiger partial charge < -0.3 is 20.1 Å². The van der Waals surface area contributed by atoms with Gasteiger partial charge in [0.2, 0.25) is 0 Å². The van der Waals surface area contributed by atoms with Gasteiger partial charge in [0.15, 0.2) is 18.1 Å². The second kappa shape index (κ2) is 8.02. The number of aromatic amines is 1. The second-order valence-electron chi connectivity index (χ2n) is 6.27. The van der Waals surface area contributed by atoms with Crippen LogP contribution in [0.5, 0.6) is 11.5 Å². The van der Waals surface area contributed by atoms with Crippen molar-refractivity contribution in [1.29, 1.82) is 0 Å². The Balaban J connectivity index is 2.04. The van der Waals surface area contributed by atoms with Gasteiger partial charge >= 0.3 is 0 Å². The summed E-state index contributed by atoms with van der Waals surface area (Å²) in [5.74, 6) is 0.987. The summed E-state index contributed by atoms with van der Waals surface area (Å²) in [6.07, 6.45) is 0. The maximum absolute atomic E-state index is 11.9. The van der Waals surface area contributed by atoms with Crippen molar-refractivity contribution in [3.05, 3.63) is 22.7 Å². The number of carbonyl (C=O) groups is 1. The lowest BCUT2D eigenvalue weighted by atomic mass is 10.1. The van der Waals surface area contributed by atoms with E-state index in [0.717, 1.165) is 5.56 Å². The van der Waals surface area contributed by atoms with Crippen molar-refractivity contribution >= 4 is 23.5 Å². The van der Waals surface area contributed by atoms with Gasteiger partial charge in [0.1, 0.15) is 0 Å². The molecule has 0 aliphatic carbocycles. The third kappa shape index (κ3) is 5.79. The molecule has 25 heavy (non-hydrogen) atoms. The summed E-state index contributed by atoms with van der Waals surface area (Å²) in [5.41, 5.74) is 0.433. The van der Waals surface area contributed by atoms with Crippen LogP contribution in [0.15, 0.2) is 12.1 Å². The molecule has 0 bridgehead atoms. The standard InChI is InChI=1S/C15H21ClN6O3/c1-15(2,3)18-13(23)8-25-12-6-10(16)9(5-11(12)24-4)7-17-14-19-21-22-20-14/h5-6H,7-8H2,1-4H3,(H,18,23)(H2,17,19,20,21,22). The lowest BCUT2D eigenvalue weighted by molar-refractivity contribution is -0.124. The molecule has 1 amide bonds. The molecule has 0 fully saturated rings. The van der Waals surface area contributed by atoms with Gasteiger partial charge in [-0.25, -0.2) is 0 Å². The van der Waals surface area contributed by atoms with Crippen LogP contribution in [-0.4, -0.2) is 45.8 Å². The van der Waals surface area contributed by atoms with Crippen molar-refractivity contribution in [1.82, 2.24) is 25.9 Å². The van der Waals surface area contributed by atoms with Crippen LogP contribution in [0.4, 0.5) is 5.95 Å². The fourth-order valence-corrected chi connectivity index (χ4v) is 2.21. The number of amides is 1. The highest BCUT2D eigenvalue weighted by molar-refractivity contribution is 6.31. The van der Waals surface area contributed by atoms with E-state index in [1.54, 1.807) is 12.1 Å². The van der Waals surface area contributed by atoms with Crippen molar-refractivity contribution in [2.45, 2.75) is 32.9 Å². The molecule has 9 nitrogen and oxygen atoms in total. The number of benzene rings is 1. The molecule has 3 N–H and O–H groups in total. The van der Waals surface area contributed by atoms with E-state index < -0.39 is 0 Å². The number of H-pyrrole nitrogens is 1. The zero-order chi connectivity index (χ0) is 18.4. The number of tetrazole rings is 1. The Morgan fingerprint density at radius 3 is 2.68 bits per heavy atom. The minimum atomic E-state index is -0.327. The van der Waals surface area contributed by atoms with Gasteiger partial charge in [0, 0.05) is 23.2 Å². The molecule has 1 aromatic carbocycles. The highest BCUT2D eigenvalue weighted by Gasteiger charge is 2.16. The highest BCUT2D eigenvalue weighted by atomic mass is 35.5. The van der Waals surface area contributed by atoms with Crippen LogP contribution in [0.25, 0.3) is 0 Å². The Morgan fingerprint density at radius 2 is 2.08 bits per heavy atom. The second-order valence-corrected chi connectivity index (χ2v) is 6.68. The first-order valence-electron chi connectivity index (χ1n) is 7.56. The molecule has 2 rings (SSSR count). The van der Waals surface area contributed by atoms with E-state index in [4.69, 9.17) is 21.1 Å². The van der Waals surface area contributed by atoms with Gasteiger partial charge in [-0.3, -0.25) is 4.79 Å².